The Hall–Kier alpha value is -1.70. The Bertz CT molecular complexity index is 709. The molecule has 0 spiro atoms. The molecule has 0 aliphatic rings. The van der Waals surface area contributed by atoms with Crippen LogP contribution in [0.3, 0.4) is 0 Å². The monoisotopic (exact) mass is 286 g/mol. The van der Waals surface area contributed by atoms with E-state index < -0.39 is 20.4 Å². The minimum absolute atomic E-state index is 0.172. The Balaban J connectivity index is 2.19. The van der Waals surface area contributed by atoms with Crippen molar-refractivity contribution >= 4 is 21.4 Å². The fourth-order valence-electron chi connectivity index (χ4n) is 1.36. The van der Waals surface area contributed by atoms with E-state index in [2.05, 4.69) is 15.4 Å². The van der Waals surface area contributed by atoms with Gasteiger partial charge in [0.2, 0.25) is 5.95 Å². The van der Waals surface area contributed by atoms with Crippen molar-refractivity contribution in [3.63, 3.8) is 0 Å². The Morgan fingerprint density at radius 1 is 1.42 bits per heavy atom. The van der Waals surface area contributed by atoms with Crippen LogP contribution >= 0.6 is 0 Å². The maximum absolute atomic E-state index is 13.0. The maximum atomic E-state index is 13.0. The Labute approximate surface area is 110 Å². The number of hydrogen-bond donors (Lipinski definition) is 1. The number of anilines is 1. The molecular weight excluding hydrogens is 271 g/mol. The molecule has 0 saturated heterocycles. The lowest BCUT2D eigenvalue weighted by Crippen LogP contribution is -2.38. The van der Waals surface area contributed by atoms with E-state index in [-0.39, 0.29) is 12.5 Å². The zero-order valence-electron chi connectivity index (χ0n) is 10.9. The zero-order valence-corrected chi connectivity index (χ0v) is 11.7. The summed E-state index contributed by atoms with van der Waals surface area (Å²) in [5, 5.41) is 6.87. The number of hydrogen-bond acceptors (Lipinski definition) is 5. The van der Waals surface area contributed by atoms with Crippen LogP contribution in [0.4, 0.5) is 10.3 Å². The molecule has 8 heteroatoms. The molecule has 0 radical (unpaired) electrons. The average Bonchev–Trinajstić information content (AvgIpc) is 2.67. The first kappa shape index (κ1) is 13.7. The van der Waals surface area contributed by atoms with Gasteiger partial charge in [-0.25, -0.2) is 17.3 Å². The van der Waals surface area contributed by atoms with Gasteiger partial charge in [-0.3, -0.25) is 0 Å². The van der Waals surface area contributed by atoms with Crippen LogP contribution in [0.15, 0.2) is 18.3 Å². The summed E-state index contributed by atoms with van der Waals surface area (Å²) in [5.74, 6) is -0.150. The number of nitrogens with one attached hydrogen (secondary N) is 1. The van der Waals surface area contributed by atoms with E-state index in [9.17, 15) is 12.8 Å². The molecule has 1 N–H and O–H groups in total. The number of nitrogens with zero attached hydrogens (tertiary/aromatic N) is 3. The average molecular weight is 286 g/mol. The summed E-state index contributed by atoms with van der Waals surface area (Å²) in [6.07, 6.45) is 2.39. The molecule has 0 bridgehead atoms. The quantitative estimate of drug-likeness (QED) is 0.911. The zero-order chi connectivity index (χ0) is 14.3. The van der Waals surface area contributed by atoms with Gasteiger partial charge >= 0.3 is 0 Å². The van der Waals surface area contributed by atoms with Crippen molar-refractivity contribution in [3.8, 4) is 0 Å². The van der Waals surface area contributed by atoms with E-state index in [1.54, 1.807) is 13.8 Å². The van der Waals surface area contributed by atoms with E-state index in [1.165, 1.54) is 29.1 Å². The summed E-state index contributed by atoms with van der Waals surface area (Å²) in [6.45, 7) is 3.40. The first-order valence-electron chi connectivity index (χ1n) is 5.64. The van der Waals surface area contributed by atoms with Gasteiger partial charge in [0.25, 0.3) is 0 Å². The summed E-state index contributed by atoms with van der Waals surface area (Å²) in [7, 11) is -3.19. The lowest BCUT2D eigenvalue weighted by atomic mass is 10.2. The van der Waals surface area contributed by atoms with Crippen molar-refractivity contribution in [2.45, 2.75) is 18.6 Å². The normalized spacial score (nSPS) is 12.8. The van der Waals surface area contributed by atoms with Crippen LogP contribution in [0.2, 0.25) is 0 Å². The van der Waals surface area contributed by atoms with Gasteiger partial charge in [-0.05, 0) is 26.0 Å². The van der Waals surface area contributed by atoms with Crippen LogP contribution < -0.4 is 5.32 Å². The van der Waals surface area contributed by atoms with Gasteiger partial charge in [0.1, 0.15) is 5.82 Å². The summed E-state index contributed by atoms with van der Waals surface area (Å²) in [4.78, 5) is 4.12. The van der Waals surface area contributed by atoms with Crippen LogP contribution in [0, 0.1) is 5.82 Å². The fraction of sp³-hybridized carbons (Fsp3) is 0.455. The molecule has 6 nitrogen and oxygen atoms in total. The maximum Gasteiger partial charge on any atom is 0.243 e. The molecule has 104 valence electrons. The molecule has 0 aromatic carbocycles. The SMILES string of the molecule is CC(C)(CNc1nc2ccc(F)cn2n1)S(C)(=O)=O. The standard InChI is InChI=1S/C11H15FN4O2S/c1-11(2,19(3,17)18)7-13-10-14-9-5-4-8(12)6-16(9)15-10/h4-6H,7H2,1-3H3,(H,13,15). The van der Waals surface area contributed by atoms with Gasteiger partial charge in [-0.2, -0.15) is 4.98 Å². The van der Waals surface area contributed by atoms with Crippen molar-refractivity contribution in [1.29, 1.82) is 0 Å². The first-order valence-corrected chi connectivity index (χ1v) is 7.54. The Morgan fingerprint density at radius 2 is 2.11 bits per heavy atom. The fourth-order valence-corrected chi connectivity index (χ4v) is 1.69. The van der Waals surface area contributed by atoms with Gasteiger partial charge in [-0.1, -0.05) is 0 Å². The molecule has 0 saturated carbocycles. The van der Waals surface area contributed by atoms with E-state index in [0.29, 0.717) is 5.65 Å². The third kappa shape index (κ3) is 2.83. The first-order chi connectivity index (χ1) is 8.69. The predicted octanol–water partition coefficient (Wildman–Crippen LogP) is 1.10. The molecular formula is C11H15FN4O2S. The number of sulfone groups is 1. The molecule has 2 heterocycles. The molecule has 0 aliphatic heterocycles. The topological polar surface area (TPSA) is 76.4 Å². The third-order valence-electron chi connectivity index (χ3n) is 2.97. The van der Waals surface area contributed by atoms with Gasteiger partial charge < -0.3 is 5.32 Å². The Kier molecular flexibility index (Phi) is 3.21. The van der Waals surface area contributed by atoms with Gasteiger partial charge in [0, 0.05) is 12.8 Å². The van der Waals surface area contributed by atoms with Gasteiger partial charge in [0.05, 0.1) is 10.9 Å². The second-order valence-electron chi connectivity index (χ2n) is 4.97. The molecule has 2 aromatic heterocycles. The molecule has 0 fully saturated rings. The minimum atomic E-state index is -3.19. The lowest BCUT2D eigenvalue weighted by molar-refractivity contribution is 0.559. The Morgan fingerprint density at radius 3 is 2.74 bits per heavy atom. The van der Waals surface area contributed by atoms with Crippen molar-refractivity contribution in [1.82, 2.24) is 14.6 Å². The second kappa shape index (κ2) is 4.44. The highest BCUT2D eigenvalue weighted by molar-refractivity contribution is 7.92. The van der Waals surface area contributed by atoms with Gasteiger partial charge in [-0.15, -0.1) is 5.10 Å². The molecule has 19 heavy (non-hydrogen) atoms. The number of aromatic nitrogens is 3. The summed E-state index contributed by atoms with van der Waals surface area (Å²) in [5.41, 5.74) is 0.487. The number of halogens is 1. The molecule has 0 unspecified atom stereocenters. The highest BCUT2D eigenvalue weighted by Crippen LogP contribution is 2.16. The van der Waals surface area contributed by atoms with E-state index >= 15 is 0 Å². The lowest BCUT2D eigenvalue weighted by Gasteiger charge is -2.22. The summed E-state index contributed by atoms with van der Waals surface area (Å²) in [6, 6.07) is 2.78. The predicted molar refractivity (Wildman–Crippen MR) is 70.4 cm³/mol. The number of fused-ring (bicyclic) bond motifs is 1. The van der Waals surface area contributed by atoms with Gasteiger partial charge in [0.15, 0.2) is 15.5 Å². The van der Waals surface area contributed by atoms with Crippen LogP contribution in [-0.4, -0.2) is 40.6 Å². The number of rotatable bonds is 4. The molecule has 2 aromatic rings. The van der Waals surface area contributed by atoms with Crippen molar-refractivity contribution in [2.75, 3.05) is 18.1 Å². The van der Waals surface area contributed by atoms with Crippen LogP contribution in [0.25, 0.3) is 5.65 Å². The smallest absolute Gasteiger partial charge is 0.243 e. The second-order valence-corrected chi connectivity index (χ2v) is 7.62. The minimum Gasteiger partial charge on any atom is -0.351 e. The molecule has 2 rings (SSSR count). The van der Waals surface area contributed by atoms with Crippen molar-refractivity contribution in [3.05, 3.63) is 24.1 Å². The van der Waals surface area contributed by atoms with E-state index in [1.807, 2.05) is 0 Å². The summed E-state index contributed by atoms with van der Waals surface area (Å²) < 4.78 is 36.5. The highest BCUT2D eigenvalue weighted by atomic mass is 32.2. The highest BCUT2D eigenvalue weighted by Gasteiger charge is 2.30. The largest absolute Gasteiger partial charge is 0.351 e. The number of pyridine rings is 1. The third-order valence-corrected chi connectivity index (χ3v) is 5.12. The molecule has 0 amide bonds. The van der Waals surface area contributed by atoms with E-state index in [4.69, 9.17) is 0 Å². The van der Waals surface area contributed by atoms with Crippen LogP contribution in [0.5, 0.6) is 0 Å². The summed E-state index contributed by atoms with van der Waals surface area (Å²) >= 11 is 0. The molecule has 0 aliphatic carbocycles. The van der Waals surface area contributed by atoms with Crippen molar-refractivity contribution in [2.24, 2.45) is 0 Å². The molecule has 0 atom stereocenters. The van der Waals surface area contributed by atoms with E-state index in [0.717, 1.165) is 0 Å². The van der Waals surface area contributed by atoms with Crippen LogP contribution in [-0.2, 0) is 9.84 Å². The van der Waals surface area contributed by atoms with Crippen LogP contribution in [0.1, 0.15) is 13.8 Å². The van der Waals surface area contributed by atoms with Crippen molar-refractivity contribution < 1.29 is 12.8 Å².